The van der Waals surface area contributed by atoms with Gasteiger partial charge in [0.05, 0.1) is 6.10 Å². The lowest BCUT2D eigenvalue weighted by atomic mass is 9.93. The van der Waals surface area contributed by atoms with Crippen LogP contribution in [0.2, 0.25) is 0 Å². The molecule has 1 aromatic rings. The van der Waals surface area contributed by atoms with Gasteiger partial charge in [-0.25, -0.2) is 0 Å². The fourth-order valence-corrected chi connectivity index (χ4v) is 2.27. The fourth-order valence-electron chi connectivity index (χ4n) is 2.27. The third kappa shape index (κ3) is 3.54. The van der Waals surface area contributed by atoms with E-state index >= 15 is 0 Å². The van der Waals surface area contributed by atoms with E-state index < -0.39 is 5.91 Å². The third-order valence-corrected chi connectivity index (χ3v) is 3.46. The number of primary amides is 1. The van der Waals surface area contributed by atoms with Gasteiger partial charge in [0.2, 0.25) is 5.91 Å². The molecule has 5 nitrogen and oxygen atoms in total. The normalized spacial score (nSPS) is 22.8. The summed E-state index contributed by atoms with van der Waals surface area (Å²) >= 11 is 0. The van der Waals surface area contributed by atoms with Gasteiger partial charge in [-0.2, -0.15) is 0 Å². The molecule has 0 heterocycles. The van der Waals surface area contributed by atoms with Gasteiger partial charge in [-0.3, -0.25) is 9.59 Å². The highest BCUT2D eigenvalue weighted by atomic mass is 16.3. The third-order valence-electron chi connectivity index (χ3n) is 3.46. The van der Waals surface area contributed by atoms with E-state index in [0.29, 0.717) is 11.1 Å². The molecule has 1 fully saturated rings. The minimum atomic E-state index is -0.506. The van der Waals surface area contributed by atoms with Crippen LogP contribution in [-0.2, 0) is 0 Å². The van der Waals surface area contributed by atoms with Crippen molar-refractivity contribution >= 4 is 11.8 Å². The molecule has 0 aromatic heterocycles. The van der Waals surface area contributed by atoms with Crippen molar-refractivity contribution in [1.29, 1.82) is 0 Å². The Morgan fingerprint density at radius 3 is 2.11 bits per heavy atom. The number of nitrogens with two attached hydrogens (primary N) is 1. The number of carbonyl (C=O) groups excluding carboxylic acids is 2. The van der Waals surface area contributed by atoms with E-state index in [4.69, 9.17) is 5.73 Å². The Labute approximate surface area is 111 Å². The Bertz CT molecular complexity index is 462. The van der Waals surface area contributed by atoms with Crippen LogP contribution in [0.25, 0.3) is 0 Å². The van der Waals surface area contributed by atoms with Gasteiger partial charge in [0, 0.05) is 17.2 Å². The highest BCUT2D eigenvalue weighted by molar-refractivity contribution is 5.97. The summed E-state index contributed by atoms with van der Waals surface area (Å²) in [6.45, 7) is 0. The van der Waals surface area contributed by atoms with Gasteiger partial charge >= 0.3 is 0 Å². The van der Waals surface area contributed by atoms with Gasteiger partial charge in [0.25, 0.3) is 5.91 Å². The quantitative estimate of drug-likeness (QED) is 0.753. The highest BCUT2D eigenvalue weighted by Gasteiger charge is 2.21. The van der Waals surface area contributed by atoms with E-state index in [1.165, 1.54) is 0 Å². The summed E-state index contributed by atoms with van der Waals surface area (Å²) in [5.74, 6) is -0.661. The number of rotatable bonds is 3. The van der Waals surface area contributed by atoms with Crippen LogP contribution in [-0.4, -0.2) is 29.1 Å². The lowest BCUT2D eigenvalue weighted by Gasteiger charge is -2.26. The second kappa shape index (κ2) is 5.84. The number of aliphatic hydroxyl groups is 1. The maximum absolute atomic E-state index is 12.0. The van der Waals surface area contributed by atoms with E-state index in [1.54, 1.807) is 24.3 Å². The van der Waals surface area contributed by atoms with Gasteiger partial charge in [0.15, 0.2) is 0 Å². The Morgan fingerprint density at radius 2 is 1.58 bits per heavy atom. The summed E-state index contributed by atoms with van der Waals surface area (Å²) in [6, 6.07) is 6.39. The van der Waals surface area contributed by atoms with Crippen molar-refractivity contribution in [3.8, 4) is 0 Å². The van der Waals surface area contributed by atoms with Gasteiger partial charge in [-0.05, 0) is 49.9 Å². The van der Waals surface area contributed by atoms with Crippen molar-refractivity contribution in [2.24, 2.45) is 5.73 Å². The molecule has 102 valence electrons. The topological polar surface area (TPSA) is 92.4 Å². The van der Waals surface area contributed by atoms with Gasteiger partial charge in [-0.15, -0.1) is 0 Å². The van der Waals surface area contributed by atoms with Crippen LogP contribution in [0.3, 0.4) is 0 Å². The molecule has 5 heteroatoms. The first kappa shape index (κ1) is 13.5. The summed E-state index contributed by atoms with van der Waals surface area (Å²) in [7, 11) is 0. The second-order valence-corrected chi connectivity index (χ2v) is 4.92. The van der Waals surface area contributed by atoms with Crippen molar-refractivity contribution in [3.05, 3.63) is 35.4 Å². The first-order valence-corrected chi connectivity index (χ1v) is 6.45. The van der Waals surface area contributed by atoms with Crippen molar-refractivity contribution in [3.63, 3.8) is 0 Å². The first-order chi connectivity index (χ1) is 9.06. The minimum absolute atomic E-state index is 0.117. The summed E-state index contributed by atoms with van der Waals surface area (Å²) in [4.78, 5) is 22.9. The van der Waals surface area contributed by atoms with Crippen LogP contribution < -0.4 is 11.1 Å². The molecular formula is C14H18N2O3. The summed E-state index contributed by atoms with van der Waals surface area (Å²) in [5, 5.41) is 12.3. The minimum Gasteiger partial charge on any atom is -0.393 e. The average Bonchev–Trinajstić information content (AvgIpc) is 2.41. The van der Waals surface area contributed by atoms with Crippen LogP contribution in [0.4, 0.5) is 0 Å². The number of benzene rings is 1. The van der Waals surface area contributed by atoms with Crippen LogP contribution in [0, 0.1) is 0 Å². The van der Waals surface area contributed by atoms with E-state index in [9.17, 15) is 14.7 Å². The molecule has 0 unspecified atom stereocenters. The average molecular weight is 262 g/mol. The van der Waals surface area contributed by atoms with E-state index in [2.05, 4.69) is 5.32 Å². The number of amides is 2. The van der Waals surface area contributed by atoms with Crippen molar-refractivity contribution in [2.75, 3.05) is 0 Å². The SMILES string of the molecule is NC(=O)c1ccc(C(=O)NC2CCC(O)CC2)cc1. The lowest BCUT2D eigenvalue weighted by Crippen LogP contribution is -2.38. The second-order valence-electron chi connectivity index (χ2n) is 4.92. The van der Waals surface area contributed by atoms with Gasteiger partial charge < -0.3 is 16.2 Å². The molecule has 1 saturated carbocycles. The molecule has 0 saturated heterocycles. The molecule has 0 spiro atoms. The Balaban J connectivity index is 1.94. The lowest BCUT2D eigenvalue weighted by molar-refractivity contribution is 0.0867. The molecule has 0 radical (unpaired) electrons. The Morgan fingerprint density at radius 1 is 1.05 bits per heavy atom. The maximum atomic E-state index is 12.0. The van der Waals surface area contributed by atoms with E-state index in [1.807, 2.05) is 0 Å². The van der Waals surface area contributed by atoms with Gasteiger partial charge in [0.1, 0.15) is 0 Å². The summed E-state index contributed by atoms with van der Waals surface area (Å²) in [6.07, 6.45) is 2.82. The number of hydrogen-bond donors (Lipinski definition) is 3. The number of nitrogens with one attached hydrogen (secondary N) is 1. The van der Waals surface area contributed by atoms with Crippen molar-refractivity contribution < 1.29 is 14.7 Å². The van der Waals surface area contributed by atoms with E-state index in [0.717, 1.165) is 25.7 Å². The molecule has 0 aliphatic heterocycles. The van der Waals surface area contributed by atoms with Crippen LogP contribution in [0.15, 0.2) is 24.3 Å². The van der Waals surface area contributed by atoms with Crippen LogP contribution in [0.5, 0.6) is 0 Å². The molecule has 0 atom stereocenters. The molecule has 0 bridgehead atoms. The number of aliphatic hydroxyl groups excluding tert-OH is 1. The predicted molar refractivity (Wildman–Crippen MR) is 70.7 cm³/mol. The van der Waals surface area contributed by atoms with Crippen LogP contribution >= 0.6 is 0 Å². The summed E-state index contributed by atoms with van der Waals surface area (Å²) in [5.41, 5.74) is 6.04. The monoisotopic (exact) mass is 262 g/mol. The van der Waals surface area contributed by atoms with Crippen LogP contribution in [0.1, 0.15) is 46.4 Å². The zero-order chi connectivity index (χ0) is 13.8. The first-order valence-electron chi connectivity index (χ1n) is 6.45. The zero-order valence-corrected chi connectivity index (χ0v) is 10.6. The Hall–Kier alpha value is -1.88. The summed E-state index contributed by atoms with van der Waals surface area (Å²) < 4.78 is 0. The van der Waals surface area contributed by atoms with E-state index in [-0.39, 0.29) is 18.1 Å². The van der Waals surface area contributed by atoms with Crippen molar-refractivity contribution in [1.82, 2.24) is 5.32 Å². The van der Waals surface area contributed by atoms with Crippen molar-refractivity contribution in [2.45, 2.75) is 37.8 Å². The molecule has 2 amide bonds. The smallest absolute Gasteiger partial charge is 0.251 e. The standard InChI is InChI=1S/C14H18N2O3/c15-13(18)9-1-3-10(4-2-9)14(19)16-11-5-7-12(17)8-6-11/h1-4,11-12,17H,5-8H2,(H2,15,18)(H,16,19). The fraction of sp³-hybridized carbons (Fsp3) is 0.429. The highest BCUT2D eigenvalue weighted by Crippen LogP contribution is 2.18. The largest absolute Gasteiger partial charge is 0.393 e. The van der Waals surface area contributed by atoms with Gasteiger partial charge in [-0.1, -0.05) is 0 Å². The molecule has 1 aliphatic rings. The number of carbonyl (C=O) groups is 2. The Kier molecular flexibility index (Phi) is 4.16. The maximum Gasteiger partial charge on any atom is 0.251 e. The zero-order valence-electron chi connectivity index (χ0n) is 10.6. The molecular weight excluding hydrogens is 244 g/mol. The molecule has 19 heavy (non-hydrogen) atoms. The molecule has 2 rings (SSSR count). The predicted octanol–water partition coefficient (Wildman–Crippen LogP) is 0.819. The molecule has 1 aliphatic carbocycles. The molecule has 4 N–H and O–H groups in total. The number of hydrogen-bond acceptors (Lipinski definition) is 3. The molecule has 1 aromatic carbocycles.